The molecule has 0 saturated carbocycles. The van der Waals surface area contributed by atoms with E-state index in [4.69, 9.17) is 0 Å². The SMILES string of the molecule is O=C(CNC(=O)c1cccc(F)c1)N/N=C\c1ccccc1. The lowest BCUT2D eigenvalue weighted by molar-refractivity contribution is -0.120. The van der Waals surface area contributed by atoms with Gasteiger partial charge in [-0.25, -0.2) is 9.82 Å². The summed E-state index contributed by atoms with van der Waals surface area (Å²) >= 11 is 0. The van der Waals surface area contributed by atoms with Crippen molar-refractivity contribution < 1.29 is 14.0 Å². The highest BCUT2D eigenvalue weighted by Gasteiger charge is 2.08. The summed E-state index contributed by atoms with van der Waals surface area (Å²) in [6.45, 7) is -0.249. The first-order valence-corrected chi connectivity index (χ1v) is 6.56. The summed E-state index contributed by atoms with van der Waals surface area (Å²) in [5.41, 5.74) is 3.28. The number of hydrogen-bond donors (Lipinski definition) is 2. The van der Waals surface area contributed by atoms with E-state index in [-0.39, 0.29) is 12.1 Å². The Balaban J connectivity index is 1.78. The van der Waals surface area contributed by atoms with Gasteiger partial charge in [-0.2, -0.15) is 5.10 Å². The van der Waals surface area contributed by atoms with E-state index in [9.17, 15) is 14.0 Å². The maximum Gasteiger partial charge on any atom is 0.259 e. The fourth-order valence-corrected chi connectivity index (χ4v) is 1.65. The van der Waals surface area contributed by atoms with Gasteiger partial charge in [-0.15, -0.1) is 0 Å². The van der Waals surface area contributed by atoms with Crippen molar-refractivity contribution in [2.75, 3.05) is 6.54 Å². The molecule has 2 aromatic rings. The number of benzene rings is 2. The lowest BCUT2D eigenvalue weighted by atomic mass is 10.2. The van der Waals surface area contributed by atoms with Crippen molar-refractivity contribution in [1.82, 2.24) is 10.7 Å². The fraction of sp³-hybridized carbons (Fsp3) is 0.0625. The maximum absolute atomic E-state index is 13.0. The second-order valence-corrected chi connectivity index (χ2v) is 4.40. The fourth-order valence-electron chi connectivity index (χ4n) is 1.65. The van der Waals surface area contributed by atoms with Crippen molar-refractivity contribution in [3.8, 4) is 0 Å². The zero-order valence-electron chi connectivity index (χ0n) is 11.6. The van der Waals surface area contributed by atoms with E-state index < -0.39 is 17.6 Å². The molecule has 0 fully saturated rings. The highest BCUT2D eigenvalue weighted by Crippen LogP contribution is 2.02. The number of hydrogen-bond acceptors (Lipinski definition) is 3. The first-order chi connectivity index (χ1) is 10.6. The molecule has 0 heterocycles. The lowest BCUT2D eigenvalue weighted by Crippen LogP contribution is -2.34. The molecule has 5 nitrogen and oxygen atoms in total. The monoisotopic (exact) mass is 299 g/mol. The van der Waals surface area contributed by atoms with E-state index >= 15 is 0 Å². The van der Waals surface area contributed by atoms with Gasteiger partial charge < -0.3 is 5.32 Å². The minimum Gasteiger partial charge on any atom is -0.343 e. The summed E-state index contributed by atoms with van der Waals surface area (Å²) < 4.78 is 13.0. The van der Waals surface area contributed by atoms with Gasteiger partial charge in [0.25, 0.3) is 11.8 Å². The molecule has 0 spiro atoms. The minimum atomic E-state index is -0.526. The first-order valence-electron chi connectivity index (χ1n) is 6.56. The summed E-state index contributed by atoms with van der Waals surface area (Å²) in [4.78, 5) is 23.2. The van der Waals surface area contributed by atoms with Crippen molar-refractivity contribution >= 4 is 18.0 Å². The van der Waals surface area contributed by atoms with Gasteiger partial charge in [-0.1, -0.05) is 36.4 Å². The number of nitrogens with zero attached hydrogens (tertiary/aromatic N) is 1. The topological polar surface area (TPSA) is 70.6 Å². The van der Waals surface area contributed by atoms with Crippen LogP contribution < -0.4 is 10.7 Å². The van der Waals surface area contributed by atoms with E-state index in [0.29, 0.717) is 0 Å². The van der Waals surface area contributed by atoms with E-state index in [1.54, 1.807) is 0 Å². The standard InChI is InChI=1S/C16H14FN3O2/c17-14-8-4-7-13(9-14)16(22)18-11-15(21)20-19-10-12-5-2-1-3-6-12/h1-10H,11H2,(H,18,22)(H,20,21)/b19-10-. The molecule has 2 aromatic carbocycles. The van der Waals surface area contributed by atoms with Crippen molar-refractivity contribution in [1.29, 1.82) is 0 Å². The van der Waals surface area contributed by atoms with Crippen LogP contribution in [0.15, 0.2) is 59.7 Å². The molecule has 22 heavy (non-hydrogen) atoms. The number of nitrogens with one attached hydrogen (secondary N) is 2. The normalized spacial score (nSPS) is 10.4. The van der Waals surface area contributed by atoms with Crippen molar-refractivity contribution in [3.63, 3.8) is 0 Å². The van der Waals surface area contributed by atoms with Gasteiger partial charge in [0.1, 0.15) is 5.82 Å². The quantitative estimate of drug-likeness (QED) is 0.652. The van der Waals surface area contributed by atoms with Gasteiger partial charge in [-0.05, 0) is 23.8 Å². The number of hydrazone groups is 1. The van der Waals surface area contributed by atoms with E-state index in [1.165, 1.54) is 24.4 Å². The summed E-state index contributed by atoms with van der Waals surface area (Å²) in [6.07, 6.45) is 1.49. The first kappa shape index (κ1) is 15.4. The zero-order chi connectivity index (χ0) is 15.8. The predicted octanol–water partition coefficient (Wildman–Crippen LogP) is 1.71. The average Bonchev–Trinajstić information content (AvgIpc) is 2.53. The minimum absolute atomic E-state index is 0.153. The largest absolute Gasteiger partial charge is 0.343 e. The van der Waals surface area contributed by atoms with Crippen LogP contribution >= 0.6 is 0 Å². The molecule has 0 unspecified atom stereocenters. The Morgan fingerprint density at radius 1 is 1.09 bits per heavy atom. The third-order valence-corrected chi connectivity index (χ3v) is 2.70. The van der Waals surface area contributed by atoms with E-state index in [1.807, 2.05) is 30.3 Å². The molecule has 0 aromatic heterocycles. The molecular weight excluding hydrogens is 285 g/mol. The smallest absolute Gasteiger partial charge is 0.259 e. The van der Waals surface area contributed by atoms with Crippen LogP contribution in [-0.4, -0.2) is 24.6 Å². The number of amides is 2. The zero-order valence-corrected chi connectivity index (χ0v) is 11.6. The number of halogens is 1. The highest BCUT2D eigenvalue weighted by atomic mass is 19.1. The van der Waals surface area contributed by atoms with Crippen molar-refractivity contribution in [2.45, 2.75) is 0 Å². The molecule has 0 radical (unpaired) electrons. The average molecular weight is 299 g/mol. The van der Waals surface area contributed by atoms with Crippen LogP contribution in [0.1, 0.15) is 15.9 Å². The molecule has 112 valence electrons. The van der Waals surface area contributed by atoms with Crippen LogP contribution in [0.4, 0.5) is 4.39 Å². The van der Waals surface area contributed by atoms with Crippen LogP contribution in [0, 0.1) is 5.82 Å². The number of carbonyl (C=O) groups is 2. The third-order valence-electron chi connectivity index (χ3n) is 2.70. The Bertz CT molecular complexity index is 687. The van der Waals surface area contributed by atoms with Crippen LogP contribution in [0.2, 0.25) is 0 Å². The van der Waals surface area contributed by atoms with Gasteiger partial charge in [0.05, 0.1) is 12.8 Å². The number of carbonyl (C=O) groups excluding carboxylic acids is 2. The van der Waals surface area contributed by atoms with Gasteiger partial charge in [0.15, 0.2) is 0 Å². The summed E-state index contributed by atoms with van der Waals surface area (Å²) in [5, 5.41) is 6.15. The van der Waals surface area contributed by atoms with Crippen LogP contribution in [0.25, 0.3) is 0 Å². The van der Waals surface area contributed by atoms with E-state index in [2.05, 4.69) is 15.8 Å². The van der Waals surface area contributed by atoms with Crippen LogP contribution in [0.3, 0.4) is 0 Å². The third kappa shape index (κ3) is 4.82. The Hall–Kier alpha value is -3.02. The summed E-state index contributed by atoms with van der Waals surface area (Å²) in [5.74, 6) is -1.51. The molecule has 0 aliphatic carbocycles. The molecule has 2 rings (SSSR count). The molecule has 0 atom stereocenters. The predicted molar refractivity (Wildman–Crippen MR) is 80.9 cm³/mol. The maximum atomic E-state index is 13.0. The van der Waals surface area contributed by atoms with Gasteiger partial charge in [0.2, 0.25) is 0 Å². The highest BCUT2D eigenvalue weighted by molar-refractivity contribution is 5.96. The summed E-state index contributed by atoms with van der Waals surface area (Å²) in [6, 6.07) is 14.5. The van der Waals surface area contributed by atoms with E-state index in [0.717, 1.165) is 11.6 Å². The van der Waals surface area contributed by atoms with Crippen molar-refractivity contribution in [3.05, 3.63) is 71.5 Å². The van der Waals surface area contributed by atoms with Crippen LogP contribution in [-0.2, 0) is 4.79 Å². The van der Waals surface area contributed by atoms with Gasteiger partial charge in [0, 0.05) is 5.56 Å². The number of rotatable bonds is 5. The lowest BCUT2D eigenvalue weighted by Gasteiger charge is -2.04. The second-order valence-electron chi connectivity index (χ2n) is 4.40. The molecule has 0 saturated heterocycles. The summed E-state index contributed by atoms with van der Waals surface area (Å²) in [7, 11) is 0. The molecular formula is C16H14FN3O2. The molecule has 2 amide bonds. The molecule has 2 N–H and O–H groups in total. The molecule has 0 aliphatic heterocycles. The van der Waals surface area contributed by atoms with Crippen molar-refractivity contribution in [2.24, 2.45) is 5.10 Å². The second kappa shape index (κ2) is 7.68. The Morgan fingerprint density at radius 3 is 2.59 bits per heavy atom. The Labute approximate surface area is 126 Å². The van der Waals surface area contributed by atoms with Gasteiger partial charge in [-0.3, -0.25) is 9.59 Å². The van der Waals surface area contributed by atoms with Crippen LogP contribution in [0.5, 0.6) is 0 Å². The van der Waals surface area contributed by atoms with Gasteiger partial charge >= 0.3 is 0 Å². The molecule has 0 bridgehead atoms. The molecule has 0 aliphatic rings. The Morgan fingerprint density at radius 2 is 1.86 bits per heavy atom. The molecule has 6 heteroatoms. The Kier molecular flexibility index (Phi) is 5.37.